The monoisotopic (exact) mass is 1840 g/mol. The van der Waals surface area contributed by atoms with Crippen molar-refractivity contribution in [3.8, 4) is 147 Å². The first kappa shape index (κ1) is 83.6. The van der Waals surface area contributed by atoms with Crippen molar-refractivity contribution in [3.05, 3.63) is 434 Å². The van der Waals surface area contributed by atoms with E-state index in [0.717, 1.165) is 133 Å². The van der Waals surface area contributed by atoms with Gasteiger partial charge in [0.2, 0.25) is 21.1 Å². The van der Waals surface area contributed by atoms with Gasteiger partial charge in [0.05, 0.1) is 0 Å². The molecule has 134 heavy (non-hydrogen) atoms. The summed E-state index contributed by atoms with van der Waals surface area (Å²) in [6.45, 7) is 0. The predicted octanol–water partition coefficient (Wildman–Crippen LogP) is 32.3. The fourth-order valence-corrected chi connectivity index (χ4v) is 19.7. The molecule has 0 N–H and O–H groups in total. The Morgan fingerprint density at radius 1 is 0.157 bits per heavy atom. The molecule has 0 aliphatic rings. The van der Waals surface area contributed by atoms with E-state index in [-0.39, 0.29) is 21.1 Å². The third kappa shape index (κ3) is 17.5. The third-order valence-corrected chi connectivity index (χ3v) is 26.1. The molecular weight excluding hydrogens is 1780 g/mol. The van der Waals surface area contributed by atoms with E-state index in [2.05, 4.69) is 257 Å². The van der Waals surface area contributed by atoms with Gasteiger partial charge in [-0.15, -0.1) is 22.7 Å². The van der Waals surface area contributed by atoms with Crippen molar-refractivity contribution in [3.63, 3.8) is 0 Å². The maximum atomic E-state index is 6.50. The highest BCUT2D eigenvalue weighted by molar-refractivity contribution is 7.26. The van der Waals surface area contributed by atoms with Gasteiger partial charge in [-0.2, -0.15) is 39.9 Å². The van der Waals surface area contributed by atoms with E-state index >= 15 is 0 Å². The summed E-state index contributed by atoms with van der Waals surface area (Å²) in [7, 11) is 0. The number of nitrogens with zero attached hydrogens (tertiary/aromatic N) is 12. The summed E-state index contributed by atoms with van der Waals surface area (Å²) < 4.78 is 16.9. The van der Waals surface area contributed by atoms with Gasteiger partial charge in [-0.25, -0.2) is 19.9 Å². The Morgan fingerprint density at radius 3 is 0.903 bits per heavy atom. The van der Waals surface area contributed by atoms with Crippen LogP contribution in [-0.4, -0.2) is 59.8 Å². The van der Waals surface area contributed by atoms with Crippen molar-refractivity contribution in [2.75, 3.05) is 0 Å². The Morgan fingerprint density at radius 2 is 0.425 bits per heavy atom. The highest BCUT2D eigenvalue weighted by Gasteiger charge is 2.22. The van der Waals surface area contributed by atoms with Crippen molar-refractivity contribution in [1.29, 1.82) is 0 Å². The predicted molar refractivity (Wildman–Crippen MR) is 550 cm³/mol. The zero-order valence-corrected chi connectivity index (χ0v) is 75.4. The van der Waals surface area contributed by atoms with Gasteiger partial charge in [0.25, 0.3) is 0 Å². The summed E-state index contributed by atoms with van der Waals surface area (Å²) in [4.78, 5) is 54.6. The van der Waals surface area contributed by atoms with Crippen LogP contribution in [0.5, 0.6) is 0 Å². The molecule has 14 nitrogen and oxygen atoms in total. The van der Waals surface area contributed by atoms with Gasteiger partial charge in [0, 0.05) is 106 Å². The SMILES string of the molecule is Clc1nc(-c2cc(-c3ccccc3)cc(-c3ccccc3)c2)nc(-c2ccc3sc4ccccc4c3c2)n1.Clc1nc(-c2ccc(-c3cccc(-c4ccccc4)c3)cc2)nc(-c2ccc3c(c2)sc2ccccc23)n1.Clc1nc(-c2cccc(-c3ccccc3)c2)nc(-c2cccc3oc4ccccc4c23)n1.Clc1nc(-c2ccccc2)nc(-c2cccc3oc4ccccc4c23)n1. The van der Waals surface area contributed by atoms with Crippen molar-refractivity contribution in [2.45, 2.75) is 0 Å². The van der Waals surface area contributed by atoms with Gasteiger partial charge in [0.15, 0.2) is 46.6 Å². The van der Waals surface area contributed by atoms with Crippen LogP contribution in [0.2, 0.25) is 21.1 Å². The number of rotatable bonds is 13. The number of para-hydroxylation sites is 2. The largest absolute Gasteiger partial charge is 0.456 e. The van der Waals surface area contributed by atoms with Crippen LogP contribution in [0.1, 0.15) is 0 Å². The second-order valence-corrected chi connectivity index (χ2v) is 35.1. The molecule has 0 amide bonds. The number of benzene rings is 17. The minimum Gasteiger partial charge on any atom is -0.456 e. The van der Waals surface area contributed by atoms with Crippen LogP contribution in [0.4, 0.5) is 0 Å². The zero-order chi connectivity index (χ0) is 90.0. The minimum atomic E-state index is 0.153. The molecule has 0 radical (unpaired) electrons. The maximum Gasteiger partial charge on any atom is 0.226 e. The van der Waals surface area contributed by atoms with Crippen LogP contribution in [0.15, 0.2) is 421 Å². The average molecular weight is 1840 g/mol. The Hall–Kier alpha value is -16.0. The highest BCUT2D eigenvalue weighted by Crippen LogP contribution is 2.43. The fourth-order valence-electron chi connectivity index (χ4n) is 16.8. The number of halogens is 4. The molecule has 0 spiro atoms. The lowest BCUT2D eigenvalue weighted by atomic mass is 9.96. The lowest BCUT2D eigenvalue weighted by molar-refractivity contribution is 0.668. The van der Waals surface area contributed by atoms with Crippen molar-refractivity contribution >= 4 is 153 Å². The molecular formula is C114H68Cl4N12O2S2. The topological polar surface area (TPSA) is 181 Å². The van der Waals surface area contributed by atoms with E-state index in [4.69, 9.17) is 70.2 Å². The third-order valence-electron chi connectivity index (χ3n) is 23.1. The van der Waals surface area contributed by atoms with Crippen LogP contribution in [0.25, 0.3) is 231 Å². The van der Waals surface area contributed by atoms with Gasteiger partial charge in [-0.1, -0.05) is 322 Å². The molecule has 636 valence electrons. The van der Waals surface area contributed by atoms with E-state index in [1.807, 2.05) is 200 Å². The Kier molecular flexibility index (Phi) is 23.1. The average Bonchev–Trinajstić information content (AvgIpc) is 1.60. The van der Waals surface area contributed by atoms with Crippen LogP contribution in [-0.2, 0) is 0 Å². The second kappa shape index (κ2) is 37.1. The van der Waals surface area contributed by atoms with Crippen LogP contribution in [0.3, 0.4) is 0 Å². The molecule has 0 aliphatic carbocycles. The van der Waals surface area contributed by atoms with Crippen LogP contribution < -0.4 is 0 Å². The lowest BCUT2D eigenvalue weighted by Gasteiger charge is -2.11. The molecule has 0 saturated carbocycles. The first-order valence-electron chi connectivity index (χ1n) is 43.0. The number of aromatic nitrogens is 12. The van der Waals surface area contributed by atoms with E-state index in [1.165, 1.54) is 51.5 Å². The normalized spacial score (nSPS) is 11.3. The standard InChI is InChI=1S/2C33H20ClN3S.C27H16ClN3O.C21H12ClN3O/c34-33-36-31(23-15-16-30-28(20-23)27-13-7-8-14-29(27)38-30)35-32(37-33)26-18-24(21-9-3-1-4-10-21)17-25(19-26)22-11-5-2-6-12-22;34-33-36-31(35-32(37-33)26-17-18-28-27-11-4-5-12-29(27)38-30(28)20-26)23-15-13-22(14-16-23)25-10-6-9-24(19-25)21-7-2-1-3-8-21;28-27-30-25(19-11-6-10-18(16-19)17-8-2-1-3-9-17)29-26(31-27)21-13-7-15-23-24(21)20-12-4-5-14-22(20)32-23;22-21-24-19(13-7-2-1-3-8-13)23-20(25-21)15-10-6-12-17-18(15)14-9-4-5-11-16(14)26-17/h2*1-20H;1-16H;1-12H. The molecule has 0 saturated heterocycles. The molecule has 0 unspecified atom stereocenters. The molecule has 8 aromatic heterocycles. The number of thiophene rings is 2. The van der Waals surface area contributed by atoms with Gasteiger partial charge >= 0.3 is 0 Å². The molecule has 25 rings (SSSR count). The molecule has 8 heterocycles. The smallest absolute Gasteiger partial charge is 0.226 e. The molecule has 0 bridgehead atoms. The minimum absolute atomic E-state index is 0.153. The van der Waals surface area contributed by atoms with Gasteiger partial charge in [-0.3, -0.25) is 0 Å². The van der Waals surface area contributed by atoms with Crippen molar-refractivity contribution in [2.24, 2.45) is 0 Å². The van der Waals surface area contributed by atoms with E-state index in [0.29, 0.717) is 46.6 Å². The van der Waals surface area contributed by atoms with Crippen LogP contribution >= 0.6 is 69.1 Å². The Balaban J connectivity index is 0.000000105. The van der Waals surface area contributed by atoms with Crippen LogP contribution in [0, 0.1) is 0 Å². The first-order valence-corrected chi connectivity index (χ1v) is 46.2. The summed E-state index contributed by atoms with van der Waals surface area (Å²) in [5.74, 6) is 4.35. The molecule has 0 atom stereocenters. The van der Waals surface area contributed by atoms with Gasteiger partial charge in [-0.05, 0) is 193 Å². The molecule has 25 aromatic rings. The quantitative estimate of drug-likeness (QED) is 0.106. The summed E-state index contributed by atoms with van der Waals surface area (Å²) >= 11 is 29.0. The summed E-state index contributed by atoms with van der Waals surface area (Å²) in [5.41, 5.74) is 21.7. The van der Waals surface area contributed by atoms with E-state index in [9.17, 15) is 0 Å². The summed E-state index contributed by atoms with van der Waals surface area (Å²) in [6.07, 6.45) is 0. The van der Waals surface area contributed by atoms with E-state index < -0.39 is 0 Å². The number of hydrogen-bond donors (Lipinski definition) is 0. The highest BCUT2D eigenvalue weighted by atomic mass is 35.5. The molecule has 0 aliphatic heterocycles. The summed E-state index contributed by atoms with van der Waals surface area (Å²) in [6, 6.07) is 140. The summed E-state index contributed by atoms with van der Waals surface area (Å²) in [5, 5.41) is 9.59. The Labute approximate surface area is 796 Å². The number of furan rings is 2. The Bertz CT molecular complexity index is 8660. The first-order chi connectivity index (χ1) is 66.0. The second-order valence-electron chi connectivity index (χ2n) is 31.5. The van der Waals surface area contributed by atoms with Gasteiger partial charge < -0.3 is 8.83 Å². The number of fused-ring (bicyclic) bond motifs is 12. The number of hydrogen-bond acceptors (Lipinski definition) is 16. The van der Waals surface area contributed by atoms with Crippen molar-refractivity contribution in [1.82, 2.24) is 59.8 Å². The van der Waals surface area contributed by atoms with E-state index in [1.54, 1.807) is 22.7 Å². The lowest BCUT2D eigenvalue weighted by Crippen LogP contribution is -1.98. The fraction of sp³-hybridized carbons (Fsp3) is 0. The molecule has 17 aromatic carbocycles. The van der Waals surface area contributed by atoms with Crippen molar-refractivity contribution < 1.29 is 8.83 Å². The zero-order valence-electron chi connectivity index (χ0n) is 70.8. The van der Waals surface area contributed by atoms with Gasteiger partial charge in [0.1, 0.15) is 22.3 Å². The maximum absolute atomic E-state index is 6.50. The molecule has 0 fully saturated rings. The molecule has 20 heteroatoms.